The summed E-state index contributed by atoms with van der Waals surface area (Å²) in [6.07, 6.45) is 4.36. The molecule has 0 spiro atoms. The first-order chi connectivity index (χ1) is 10.7. The highest BCUT2D eigenvalue weighted by Crippen LogP contribution is 2.21. The third kappa shape index (κ3) is 3.47. The summed E-state index contributed by atoms with van der Waals surface area (Å²) in [5.41, 5.74) is 1.52. The van der Waals surface area contributed by atoms with Crippen LogP contribution in [0.4, 0.5) is 5.69 Å². The predicted molar refractivity (Wildman–Crippen MR) is 84.0 cm³/mol. The largest absolute Gasteiger partial charge is 0.381 e. The predicted octanol–water partition coefficient (Wildman–Crippen LogP) is 2.11. The van der Waals surface area contributed by atoms with Gasteiger partial charge in [0.2, 0.25) is 5.91 Å². The first-order valence-electron chi connectivity index (χ1n) is 8.03. The molecule has 5 heteroatoms. The number of piperidine rings is 1. The second-order valence-corrected chi connectivity index (χ2v) is 5.91. The summed E-state index contributed by atoms with van der Waals surface area (Å²) in [5.74, 6) is 0.120. The van der Waals surface area contributed by atoms with Crippen LogP contribution in [0.1, 0.15) is 42.5 Å². The van der Waals surface area contributed by atoms with Crippen LogP contribution in [0.25, 0.3) is 0 Å². The Morgan fingerprint density at radius 1 is 1.14 bits per heavy atom. The quantitative estimate of drug-likeness (QED) is 0.930. The fourth-order valence-electron chi connectivity index (χ4n) is 2.98. The molecular weight excluding hydrogens is 280 g/mol. The van der Waals surface area contributed by atoms with Crippen LogP contribution in [0, 0.1) is 0 Å². The Hall–Kier alpha value is -1.88. The standard InChI is InChI=1S/C17H22N2O3/c20-16-3-1-2-10-19(16)15-6-4-13(5-7-15)17(21)18-14-8-11-22-12-9-14/h4-7,14H,1-3,8-12H2,(H,18,21). The van der Waals surface area contributed by atoms with Gasteiger partial charge >= 0.3 is 0 Å². The number of nitrogens with zero attached hydrogens (tertiary/aromatic N) is 1. The van der Waals surface area contributed by atoms with Crippen LogP contribution in [-0.4, -0.2) is 37.6 Å². The number of carbonyl (C=O) groups excluding carboxylic acids is 2. The average Bonchev–Trinajstić information content (AvgIpc) is 2.56. The van der Waals surface area contributed by atoms with E-state index in [0.29, 0.717) is 25.2 Å². The number of anilines is 1. The van der Waals surface area contributed by atoms with Crippen molar-refractivity contribution in [1.29, 1.82) is 0 Å². The summed E-state index contributed by atoms with van der Waals surface area (Å²) < 4.78 is 5.29. The monoisotopic (exact) mass is 302 g/mol. The van der Waals surface area contributed by atoms with Crippen molar-refractivity contribution in [3.8, 4) is 0 Å². The minimum absolute atomic E-state index is 0.0524. The molecule has 2 aliphatic rings. The van der Waals surface area contributed by atoms with Crippen molar-refractivity contribution in [3.63, 3.8) is 0 Å². The van der Waals surface area contributed by atoms with E-state index in [0.717, 1.165) is 37.9 Å². The van der Waals surface area contributed by atoms with Gasteiger partial charge in [-0.3, -0.25) is 9.59 Å². The Morgan fingerprint density at radius 2 is 1.86 bits per heavy atom. The number of nitrogens with one attached hydrogen (secondary N) is 1. The SMILES string of the molecule is O=C(NC1CCOCC1)c1ccc(N2CCCCC2=O)cc1. The second kappa shape index (κ2) is 6.92. The number of hydrogen-bond acceptors (Lipinski definition) is 3. The fraction of sp³-hybridized carbons (Fsp3) is 0.529. The minimum atomic E-state index is -0.0524. The van der Waals surface area contributed by atoms with E-state index in [1.165, 1.54) is 0 Å². The molecule has 22 heavy (non-hydrogen) atoms. The molecule has 2 amide bonds. The normalized spacial score (nSPS) is 20.0. The van der Waals surface area contributed by atoms with E-state index in [9.17, 15) is 9.59 Å². The second-order valence-electron chi connectivity index (χ2n) is 5.91. The maximum atomic E-state index is 12.2. The van der Waals surface area contributed by atoms with Crippen LogP contribution in [0.3, 0.4) is 0 Å². The van der Waals surface area contributed by atoms with Gasteiger partial charge in [0.15, 0.2) is 0 Å². The Morgan fingerprint density at radius 3 is 2.55 bits per heavy atom. The summed E-state index contributed by atoms with van der Waals surface area (Å²) in [6.45, 7) is 2.19. The zero-order chi connectivity index (χ0) is 15.4. The van der Waals surface area contributed by atoms with Gasteiger partial charge in [-0.05, 0) is 49.9 Å². The number of ether oxygens (including phenoxy) is 1. The van der Waals surface area contributed by atoms with Crippen molar-refractivity contribution in [1.82, 2.24) is 5.32 Å². The van der Waals surface area contributed by atoms with Gasteiger partial charge < -0.3 is 15.0 Å². The van der Waals surface area contributed by atoms with Gasteiger partial charge in [0.25, 0.3) is 5.91 Å². The smallest absolute Gasteiger partial charge is 0.251 e. The fourth-order valence-corrected chi connectivity index (χ4v) is 2.98. The average molecular weight is 302 g/mol. The lowest BCUT2D eigenvalue weighted by molar-refractivity contribution is -0.119. The van der Waals surface area contributed by atoms with E-state index in [1.54, 1.807) is 12.1 Å². The van der Waals surface area contributed by atoms with E-state index in [2.05, 4.69) is 5.32 Å². The number of rotatable bonds is 3. The zero-order valence-corrected chi connectivity index (χ0v) is 12.7. The van der Waals surface area contributed by atoms with E-state index >= 15 is 0 Å². The summed E-state index contributed by atoms with van der Waals surface area (Å²) in [5, 5.41) is 3.04. The maximum Gasteiger partial charge on any atom is 0.251 e. The summed E-state index contributed by atoms with van der Waals surface area (Å²) >= 11 is 0. The lowest BCUT2D eigenvalue weighted by Gasteiger charge is -2.27. The van der Waals surface area contributed by atoms with Crippen molar-refractivity contribution < 1.29 is 14.3 Å². The molecule has 5 nitrogen and oxygen atoms in total. The van der Waals surface area contributed by atoms with Gasteiger partial charge in [-0.2, -0.15) is 0 Å². The third-order valence-electron chi connectivity index (χ3n) is 4.32. The van der Waals surface area contributed by atoms with Gasteiger partial charge in [0.1, 0.15) is 0 Å². The van der Waals surface area contributed by atoms with E-state index in [1.807, 2.05) is 17.0 Å². The molecule has 0 saturated carbocycles. The van der Waals surface area contributed by atoms with Crippen LogP contribution in [0.2, 0.25) is 0 Å². The van der Waals surface area contributed by atoms with Crippen LogP contribution in [0.15, 0.2) is 24.3 Å². The Bertz CT molecular complexity index is 535. The van der Waals surface area contributed by atoms with E-state index in [4.69, 9.17) is 4.74 Å². The molecule has 2 saturated heterocycles. The molecule has 1 aromatic carbocycles. The van der Waals surface area contributed by atoms with Crippen molar-refractivity contribution in [2.45, 2.75) is 38.1 Å². The Labute approximate surface area is 130 Å². The summed E-state index contributed by atoms with van der Waals surface area (Å²) in [7, 11) is 0. The number of hydrogen-bond donors (Lipinski definition) is 1. The molecule has 0 atom stereocenters. The van der Waals surface area contributed by atoms with Gasteiger partial charge in [0.05, 0.1) is 0 Å². The molecule has 1 N–H and O–H groups in total. The van der Waals surface area contributed by atoms with Crippen molar-refractivity contribution in [3.05, 3.63) is 29.8 Å². The molecule has 0 radical (unpaired) electrons. The lowest BCUT2D eigenvalue weighted by Crippen LogP contribution is -2.39. The van der Waals surface area contributed by atoms with Crippen molar-refractivity contribution >= 4 is 17.5 Å². The lowest BCUT2D eigenvalue weighted by atomic mass is 10.1. The van der Waals surface area contributed by atoms with E-state index < -0.39 is 0 Å². The Kier molecular flexibility index (Phi) is 4.73. The molecule has 2 heterocycles. The van der Waals surface area contributed by atoms with Gasteiger partial charge in [-0.15, -0.1) is 0 Å². The number of benzene rings is 1. The molecule has 0 aromatic heterocycles. The van der Waals surface area contributed by atoms with Crippen molar-refractivity contribution in [2.75, 3.05) is 24.7 Å². The maximum absolute atomic E-state index is 12.2. The minimum Gasteiger partial charge on any atom is -0.381 e. The molecular formula is C17H22N2O3. The molecule has 2 aliphatic heterocycles. The van der Waals surface area contributed by atoms with Gasteiger partial charge in [-0.1, -0.05) is 0 Å². The molecule has 0 bridgehead atoms. The first kappa shape index (κ1) is 15.0. The topological polar surface area (TPSA) is 58.6 Å². The van der Waals surface area contributed by atoms with Crippen LogP contribution >= 0.6 is 0 Å². The highest BCUT2D eigenvalue weighted by atomic mass is 16.5. The third-order valence-corrected chi connectivity index (χ3v) is 4.32. The molecule has 1 aromatic rings. The van der Waals surface area contributed by atoms with Crippen LogP contribution < -0.4 is 10.2 Å². The molecule has 3 rings (SSSR count). The van der Waals surface area contributed by atoms with Crippen LogP contribution in [-0.2, 0) is 9.53 Å². The van der Waals surface area contributed by atoms with E-state index in [-0.39, 0.29) is 17.9 Å². The van der Waals surface area contributed by atoms with Crippen molar-refractivity contribution in [2.24, 2.45) is 0 Å². The Balaban J connectivity index is 1.63. The highest BCUT2D eigenvalue weighted by Gasteiger charge is 2.20. The molecule has 2 fully saturated rings. The van der Waals surface area contributed by atoms with Gasteiger partial charge in [0, 0.05) is 43.5 Å². The number of carbonyl (C=O) groups is 2. The summed E-state index contributed by atoms with van der Waals surface area (Å²) in [4.78, 5) is 26.0. The highest BCUT2D eigenvalue weighted by molar-refractivity contribution is 5.97. The molecule has 118 valence electrons. The van der Waals surface area contributed by atoms with Gasteiger partial charge in [-0.25, -0.2) is 0 Å². The summed E-state index contributed by atoms with van der Waals surface area (Å²) in [6, 6.07) is 7.52. The molecule has 0 aliphatic carbocycles. The molecule has 0 unspecified atom stereocenters. The first-order valence-corrected chi connectivity index (χ1v) is 8.03. The van der Waals surface area contributed by atoms with Crippen LogP contribution in [0.5, 0.6) is 0 Å². The zero-order valence-electron chi connectivity index (χ0n) is 12.7. The number of amides is 2.